The number of aromatic amines is 1. The summed E-state index contributed by atoms with van der Waals surface area (Å²) in [5.41, 5.74) is 1.85. The fourth-order valence-corrected chi connectivity index (χ4v) is 2.60. The quantitative estimate of drug-likeness (QED) is 0.463. The number of aromatic nitrogens is 1. The molecular weight excluding hydrogens is 331 g/mol. The minimum Gasteiger partial charge on any atom is -0.548 e. The average molecular weight is 346 g/mol. The molecular formula is C18H15N2NaO4. The average Bonchev–Trinajstić information content (AvgIpc) is 2.97. The molecule has 3 aromatic rings. The van der Waals surface area contributed by atoms with E-state index in [4.69, 9.17) is 0 Å². The summed E-state index contributed by atoms with van der Waals surface area (Å²) in [4.78, 5) is 26.7. The van der Waals surface area contributed by atoms with Crippen molar-refractivity contribution in [3.8, 4) is 5.75 Å². The Labute approximate surface area is 166 Å². The van der Waals surface area contributed by atoms with Crippen molar-refractivity contribution < 1.29 is 49.4 Å². The summed E-state index contributed by atoms with van der Waals surface area (Å²) in [7, 11) is 0. The van der Waals surface area contributed by atoms with Gasteiger partial charge in [0.1, 0.15) is 5.75 Å². The Hall–Kier alpha value is -2.28. The van der Waals surface area contributed by atoms with Gasteiger partial charge in [0.15, 0.2) is 0 Å². The summed E-state index contributed by atoms with van der Waals surface area (Å²) in [5, 5.41) is 24.2. The summed E-state index contributed by atoms with van der Waals surface area (Å²) in [6.07, 6.45) is 1.82. The number of amides is 1. The number of carbonyl (C=O) groups excluding carboxylic acids is 2. The van der Waals surface area contributed by atoms with Gasteiger partial charge in [0.25, 0.3) is 5.91 Å². The minimum absolute atomic E-state index is 0. The van der Waals surface area contributed by atoms with Gasteiger partial charge < -0.3 is 25.3 Å². The molecule has 0 spiro atoms. The number of aliphatic carboxylic acids is 1. The number of carboxylic acids is 1. The summed E-state index contributed by atoms with van der Waals surface area (Å²) < 4.78 is 0. The number of phenols is 1. The van der Waals surface area contributed by atoms with E-state index in [0.717, 1.165) is 16.5 Å². The molecule has 0 aliphatic rings. The van der Waals surface area contributed by atoms with E-state index >= 15 is 0 Å². The van der Waals surface area contributed by atoms with E-state index in [-0.39, 0.29) is 47.3 Å². The molecule has 0 saturated heterocycles. The number of H-pyrrole nitrogens is 1. The van der Waals surface area contributed by atoms with Gasteiger partial charge in [-0.15, -0.1) is 0 Å². The van der Waals surface area contributed by atoms with E-state index in [1.54, 1.807) is 6.20 Å². The van der Waals surface area contributed by atoms with Crippen molar-refractivity contribution in [3.63, 3.8) is 0 Å². The van der Waals surface area contributed by atoms with Crippen LogP contribution in [0.25, 0.3) is 10.9 Å². The zero-order valence-corrected chi connectivity index (χ0v) is 15.7. The predicted molar refractivity (Wildman–Crippen MR) is 86.4 cm³/mol. The topological polar surface area (TPSA) is 105 Å². The van der Waals surface area contributed by atoms with E-state index in [1.807, 2.05) is 24.3 Å². The molecule has 1 heterocycles. The SMILES string of the molecule is O=C(N[C@@H](Cc1c[nH]c2ccccc12)C(=O)[O-])c1cccc(O)c1.[Na+]. The Balaban J connectivity index is 0.00000225. The number of fused-ring (bicyclic) bond motifs is 1. The molecule has 0 unspecified atom stereocenters. The van der Waals surface area contributed by atoms with Crippen LogP contribution in [0.4, 0.5) is 0 Å². The van der Waals surface area contributed by atoms with Crippen molar-refractivity contribution in [2.24, 2.45) is 0 Å². The molecule has 25 heavy (non-hydrogen) atoms. The van der Waals surface area contributed by atoms with Gasteiger partial charge in [-0.2, -0.15) is 0 Å². The summed E-state index contributed by atoms with van der Waals surface area (Å²) >= 11 is 0. The van der Waals surface area contributed by atoms with Crippen molar-refractivity contribution in [3.05, 3.63) is 65.9 Å². The number of carbonyl (C=O) groups is 2. The zero-order chi connectivity index (χ0) is 17.1. The number of phenolic OH excluding ortho intramolecular Hbond substituents is 1. The molecule has 1 atom stereocenters. The van der Waals surface area contributed by atoms with Gasteiger partial charge in [0.05, 0.1) is 12.0 Å². The van der Waals surface area contributed by atoms with E-state index in [1.165, 1.54) is 24.3 Å². The first-order valence-corrected chi connectivity index (χ1v) is 7.40. The molecule has 3 rings (SSSR count). The number of nitrogens with one attached hydrogen (secondary N) is 2. The first-order chi connectivity index (χ1) is 11.5. The first kappa shape index (κ1) is 19.1. The normalized spacial score (nSPS) is 11.5. The van der Waals surface area contributed by atoms with Crippen LogP contribution in [0.5, 0.6) is 5.75 Å². The van der Waals surface area contributed by atoms with Gasteiger partial charge in [-0.1, -0.05) is 24.3 Å². The number of carboxylic acid groups (broad SMARTS) is 1. The number of para-hydroxylation sites is 1. The predicted octanol–water partition coefficient (Wildman–Crippen LogP) is -2.03. The molecule has 0 saturated carbocycles. The summed E-state index contributed by atoms with van der Waals surface area (Å²) in [6.45, 7) is 0. The number of hydrogen-bond donors (Lipinski definition) is 3. The third-order valence-electron chi connectivity index (χ3n) is 3.80. The monoisotopic (exact) mass is 346 g/mol. The number of rotatable bonds is 5. The van der Waals surface area contributed by atoms with E-state index in [0.29, 0.717) is 0 Å². The van der Waals surface area contributed by atoms with Crippen LogP contribution in [0.1, 0.15) is 15.9 Å². The maximum Gasteiger partial charge on any atom is 1.00 e. The second-order valence-electron chi connectivity index (χ2n) is 5.46. The van der Waals surface area contributed by atoms with Gasteiger partial charge in [0.2, 0.25) is 0 Å². The third-order valence-corrected chi connectivity index (χ3v) is 3.80. The van der Waals surface area contributed by atoms with Crippen LogP contribution in [-0.2, 0) is 11.2 Å². The second kappa shape index (κ2) is 8.20. The van der Waals surface area contributed by atoms with Crippen LogP contribution >= 0.6 is 0 Å². The Bertz CT molecular complexity index is 907. The molecule has 0 aliphatic carbocycles. The van der Waals surface area contributed by atoms with Crippen molar-refractivity contribution in [1.82, 2.24) is 10.3 Å². The van der Waals surface area contributed by atoms with Crippen LogP contribution in [0.2, 0.25) is 0 Å². The number of hydrogen-bond acceptors (Lipinski definition) is 4. The third kappa shape index (κ3) is 4.42. The number of aromatic hydroxyl groups is 1. The van der Waals surface area contributed by atoms with Crippen molar-refractivity contribution in [1.29, 1.82) is 0 Å². The van der Waals surface area contributed by atoms with Gasteiger partial charge in [-0.3, -0.25) is 4.79 Å². The molecule has 1 amide bonds. The maximum absolute atomic E-state index is 12.2. The zero-order valence-electron chi connectivity index (χ0n) is 13.7. The molecule has 0 bridgehead atoms. The first-order valence-electron chi connectivity index (χ1n) is 7.40. The fraction of sp³-hybridized carbons (Fsp3) is 0.111. The van der Waals surface area contributed by atoms with Crippen LogP contribution < -0.4 is 40.0 Å². The van der Waals surface area contributed by atoms with Crippen LogP contribution in [0, 0.1) is 0 Å². The Kier molecular flexibility index (Phi) is 6.25. The largest absolute Gasteiger partial charge is 1.00 e. The van der Waals surface area contributed by atoms with Gasteiger partial charge in [-0.25, -0.2) is 0 Å². The van der Waals surface area contributed by atoms with Gasteiger partial charge >= 0.3 is 29.6 Å². The molecule has 122 valence electrons. The second-order valence-corrected chi connectivity index (χ2v) is 5.46. The van der Waals surface area contributed by atoms with Crippen LogP contribution in [0.3, 0.4) is 0 Å². The standard InChI is InChI=1S/C18H16N2O4.Na/c21-13-5-3-4-11(8-13)17(22)20-16(18(23)24)9-12-10-19-15-7-2-1-6-14(12)15;/h1-8,10,16,19,21H,9H2,(H,20,22)(H,23,24);/q;+1/p-1/t16-;/m0./s1. The molecule has 0 fully saturated rings. The Morgan fingerprint density at radius 3 is 2.64 bits per heavy atom. The molecule has 7 heteroatoms. The van der Waals surface area contributed by atoms with Crippen molar-refractivity contribution >= 4 is 22.8 Å². The Morgan fingerprint density at radius 2 is 1.92 bits per heavy atom. The number of benzene rings is 2. The van der Waals surface area contributed by atoms with Crippen LogP contribution in [-0.4, -0.2) is 28.0 Å². The van der Waals surface area contributed by atoms with Gasteiger partial charge in [0, 0.05) is 29.1 Å². The van der Waals surface area contributed by atoms with E-state index < -0.39 is 17.9 Å². The van der Waals surface area contributed by atoms with Crippen LogP contribution in [0.15, 0.2) is 54.7 Å². The smallest absolute Gasteiger partial charge is 0.548 e. The van der Waals surface area contributed by atoms with Crippen molar-refractivity contribution in [2.45, 2.75) is 12.5 Å². The molecule has 6 nitrogen and oxygen atoms in total. The van der Waals surface area contributed by atoms with Gasteiger partial charge in [-0.05, 0) is 29.8 Å². The molecule has 0 radical (unpaired) electrons. The molecule has 1 aromatic heterocycles. The summed E-state index contributed by atoms with van der Waals surface area (Å²) in [6, 6.07) is 12.0. The fourth-order valence-electron chi connectivity index (χ4n) is 2.60. The maximum atomic E-state index is 12.2. The molecule has 2 aromatic carbocycles. The minimum atomic E-state index is -1.37. The molecule has 3 N–H and O–H groups in total. The van der Waals surface area contributed by atoms with Crippen molar-refractivity contribution in [2.75, 3.05) is 0 Å². The molecule has 0 aliphatic heterocycles. The Morgan fingerprint density at radius 1 is 1.16 bits per heavy atom. The van der Waals surface area contributed by atoms with E-state index in [9.17, 15) is 19.8 Å². The van der Waals surface area contributed by atoms with E-state index in [2.05, 4.69) is 10.3 Å². The summed E-state index contributed by atoms with van der Waals surface area (Å²) in [5.74, 6) is -2.02.